The van der Waals surface area contributed by atoms with Gasteiger partial charge in [-0.25, -0.2) is 19.2 Å². The molecular weight excluding hydrogens is 444 g/mol. The van der Waals surface area contributed by atoms with Gasteiger partial charge >= 0.3 is 0 Å². The minimum atomic E-state index is -2.28. The fourth-order valence-corrected chi connectivity index (χ4v) is 5.04. The Morgan fingerprint density at radius 3 is 2.82 bits per heavy atom. The lowest BCUT2D eigenvalue weighted by atomic mass is 10.0. The van der Waals surface area contributed by atoms with Crippen LogP contribution >= 0.6 is 0 Å². The number of aliphatic hydroxyl groups excluding tert-OH is 1. The molecule has 2 aromatic heterocycles. The van der Waals surface area contributed by atoms with Crippen LogP contribution in [0, 0.1) is 6.92 Å². The maximum Gasteiger partial charge on any atom is 0.217 e. The highest BCUT2D eigenvalue weighted by molar-refractivity contribution is 7.92. The van der Waals surface area contributed by atoms with Crippen molar-refractivity contribution in [3.05, 3.63) is 53.6 Å². The number of hydrogen-bond acceptors (Lipinski definition) is 9. The lowest BCUT2D eigenvalue weighted by Crippen LogP contribution is -2.35. The monoisotopic (exact) mass is 470 g/mol. The molecule has 9 nitrogen and oxygen atoms in total. The molecular formula is C23H26N4O5S. The second-order valence-electron chi connectivity index (χ2n) is 8.71. The van der Waals surface area contributed by atoms with E-state index in [2.05, 4.69) is 19.3 Å². The van der Waals surface area contributed by atoms with Gasteiger partial charge in [0.05, 0.1) is 30.1 Å². The van der Waals surface area contributed by atoms with Gasteiger partial charge in [0, 0.05) is 45.8 Å². The molecule has 2 aliphatic heterocycles. The van der Waals surface area contributed by atoms with Crippen molar-refractivity contribution in [1.29, 1.82) is 0 Å². The zero-order valence-corrected chi connectivity index (χ0v) is 19.5. The van der Waals surface area contributed by atoms with Gasteiger partial charge in [0.25, 0.3) is 0 Å². The number of hydrogen-bond donors (Lipinski definition) is 1. The number of benzene rings is 1. The summed E-state index contributed by atoms with van der Waals surface area (Å²) in [5.74, 6) is 0.490. The van der Waals surface area contributed by atoms with E-state index in [1.165, 1.54) is 6.33 Å². The van der Waals surface area contributed by atoms with Crippen molar-refractivity contribution in [1.82, 2.24) is 15.0 Å². The van der Waals surface area contributed by atoms with Crippen LogP contribution in [0.5, 0.6) is 5.88 Å². The van der Waals surface area contributed by atoms with E-state index in [9.17, 15) is 9.32 Å². The van der Waals surface area contributed by atoms with Gasteiger partial charge in [-0.2, -0.15) is 4.36 Å². The highest BCUT2D eigenvalue weighted by Crippen LogP contribution is 2.32. The second-order valence-corrected chi connectivity index (χ2v) is 11.3. The van der Waals surface area contributed by atoms with Crippen molar-refractivity contribution < 1.29 is 23.5 Å². The van der Waals surface area contributed by atoms with Gasteiger partial charge in [-0.05, 0) is 30.7 Å². The first-order valence-electron chi connectivity index (χ1n) is 10.7. The summed E-state index contributed by atoms with van der Waals surface area (Å²) in [7, 11) is -2.28. The molecule has 0 unspecified atom stereocenters. The van der Waals surface area contributed by atoms with Crippen LogP contribution in [0.15, 0.2) is 41.2 Å². The third-order valence-corrected chi connectivity index (χ3v) is 6.43. The van der Waals surface area contributed by atoms with Gasteiger partial charge in [-0.15, -0.1) is 0 Å². The second kappa shape index (κ2) is 8.60. The van der Waals surface area contributed by atoms with Crippen LogP contribution < -0.4 is 4.74 Å². The molecule has 4 heterocycles. The molecule has 2 saturated heterocycles. The van der Waals surface area contributed by atoms with Gasteiger partial charge in [-0.1, -0.05) is 6.07 Å². The quantitative estimate of drug-likeness (QED) is 0.603. The summed E-state index contributed by atoms with van der Waals surface area (Å²) in [6, 6.07) is 7.55. The van der Waals surface area contributed by atoms with Crippen LogP contribution in [0.2, 0.25) is 0 Å². The summed E-state index contributed by atoms with van der Waals surface area (Å²) in [6.07, 6.45) is 5.26. The van der Waals surface area contributed by atoms with Crippen LogP contribution in [0.3, 0.4) is 0 Å². The van der Waals surface area contributed by atoms with Gasteiger partial charge in [0.2, 0.25) is 5.88 Å². The topological polar surface area (TPSA) is 116 Å². The number of aryl methyl sites for hydroxylation is 1. The summed E-state index contributed by atoms with van der Waals surface area (Å²) in [4.78, 5) is 13.4. The van der Waals surface area contributed by atoms with Crippen molar-refractivity contribution in [2.45, 2.75) is 37.8 Å². The number of ether oxygens (including phenoxy) is 3. The van der Waals surface area contributed by atoms with Crippen LogP contribution in [-0.4, -0.2) is 74.4 Å². The van der Waals surface area contributed by atoms with Crippen molar-refractivity contribution in [3.63, 3.8) is 0 Å². The lowest BCUT2D eigenvalue weighted by Gasteiger charge is -2.19. The van der Waals surface area contributed by atoms with Crippen molar-refractivity contribution >= 4 is 26.3 Å². The van der Waals surface area contributed by atoms with E-state index in [1.807, 2.05) is 31.2 Å². The van der Waals surface area contributed by atoms with Crippen LogP contribution in [0.1, 0.15) is 16.8 Å². The molecule has 33 heavy (non-hydrogen) atoms. The fraction of sp³-hybridized carbons (Fsp3) is 0.435. The molecule has 1 aromatic carbocycles. The smallest absolute Gasteiger partial charge is 0.217 e. The third kappa shape index (κ3) is 4.56. The van der Waals surface area contributed by atoms with Crippen molar-refractivity contribution in [2.24, 2.45) is 4.36 Å². The molecule has 3 aromatic rings. The van der Waals surface area contributed by atoms with E-state index in [4.69, 9.17) is 14.2 Å². The Balaban J connectivity index is 1.46. The van der Waals surface area contributed by atoms with E-state index in [-0.39, 0.29) is 24.9 Å². The summed E-state index contributed by atoms with van der Waals surface area (Å²) < 4.78 is 34.0. The van der Waals surface area contributed by atoms with Gasteiger partial charge < -0.3 is 19.3 Å². The Morgan fingerprint density at radius 1 is 1.18 bits per heavy atom. The van der Waals surface area contributed by atoms with E-state index in [0.717, 1.165) is 27.7 Å². The predicted octanol–water partition coefficient (Wildman–Crippen LogP) is 2.19. The number of fused-ring (bicyclic) bond motifs is 2. The van der Waals surface area contributed by atoms with Gasteiger partial charge in [0.1, 0.15) is 24.6 Å². The molecule has 174 valence electrons. The molecule has 4 atom stereocenters. The first-order valence-corrected chi connectivity index (χ1v) is 13.0. The lowest BCUT2D eigenvalue weighted by molar-refractivity contribution is 0.00762. The normalized spacial score (nSPS) is 24.7. The predicted molar refractivity (Wildman–Crippen MR) is 123 cm³/mol. The van der Waals surface area contributed by atoms with Crippen LogP contribution in [0.25, 0.3) is 10.9 Å². The first kappa shape index (κ1) is 22.1. The van der Waals surface area contributed by atoms with Gasteiger partial charge in [0.15, 0.2) is 6.10 Å². The number of aromatic nitrogens is 3. The Hall–Kier alpha value is -2.66. The molecule has 2 fully saturated rings. The van der Waals surface area contributed by atoms with Gasteiger partial charge in [-0.3, -0.25) is 0 Å². The highest BCUT2D eigenvalue weighted by atomic mass is 32.2. The van der Waals surface area contributed by atoms with Crippen molar-refractivity contribution in [2.75, 3.05) is 25.7 Å². The number of nitrogens with zero attached hydrogens (tertiary/aromatic N) is 4. The van der Waals surface area contributed by atoms with E-state index >= 15 is 0 Å². The summed E-state index contributed by atoms with van der Waals surface area (Å²) in [5, 5.41) is 10.9. The summed E-state index contributed by atoms with van der Waals surface area (Å²) in [5.41, 5.74) is 4.05. The number of rotatable bonds is 5. The fourth-order valence-electron chi connectivity index (χ4n) is 4.43. The molecule has 0 radical (unpaired) electrons. The Kier molecular flexibility index (Phi) is 5.77. The molecule has 0 bridgehead atoms. The zero-order chi connectivity index (χ0) is 23.2. The number of pyridine rings is 1. The standard InChI is InChI=1S/C23H26N4O5S/c1-13-7-15(27-33(2,3)29)9-17-20(13)16(25-12-26-17)8-14-5-4-6-24-23(14)32-19-11-31-21-18(28)10-30-22(19)21/h4-7,9,12,18-19,21-22,28H,8,10-11H2,1-3H3/t18-,19-,21-,22-/m1/s1. The average Bonchev–Trinajstić information content (AvgIpc) is 3.31. The molecule has 10 heteroatoms. The molecule has 0 amide bonds. The van der Waals surface area contributed by atoms with E-state index < -0.39 is 15.8 Å². The number of aliphatic hydroxyl groups is 1. The minimum absolute atomic E-state index is 0.246. The largest absolute Gasteiger partial charge is 0.469 e. The maximum absolute atomic E-state index is 12.1. The van der Waals surface area contributed by atoms with Crippen LogP contribution in [0.4, 0.5) is 5.69 Å². The van der Waals surface area contributed by atoms with Crippen molar-refractivity contribution in [3.8, 4) is 5.88 Å². The minimum Gasteiger partial charge on any atom is -0.469 e. The SMILES string of the molecule is Cc1cc(N=S(C)(C)=O)cc2ncnc(Cc3cccnc3O[C@@H]3CO[C@H]4[C@@H]3OC[C@H]4O)c12. The molecule has 0 saturated carbocycles. The Labute approximate surface area is 192 Å². The average molecular weight is 471 g/mol. The van der Waals surface area contributed by atoms with E-state index in [1.54, 1.807) is 18.7 Å². The first-order chi connectivity index (χ1) is 15.8. The summed E-state index contributed by atoms with van der Waals surface area (Å²) >= 11 is 0. The Morgan fingerprint density at radius 2 is 2.00 bits per heavy atom. The van der Waals surface area contributed by atoms with Crippen LogP contribution in [-0.2, 0) is 25.6 Å². The Bertz CT molecular complexity index is 1320. The third-order valence-electron chi connectivity index (χ3n) is 5.78. The molecule has 1 N–H and O–H groups in total. The van der Waals surface area contributed by atoms with E-state index in [0.29, 0.717) is 24.6 Å². The molecule has 0 spiro atoms. The highest BCUT2D eigenvalue weighted by Gasteiger charge is 2.48. The molecule has 0 aliphatic carbocycles. The zero-order valence-electron chi connectivity index (χ0n) is 18.7. The molecule has 5 rings (SSSR count). The summed E-state index contributed by atoms with van der Waals surface area (Å²) in [6.45, 7) is 2.55. The molecule has 2 aliphatic rings. The maximum atomic E-state index is 12.1.